The van der Waals surface area contributed by atoms with Gasteiger partial charge in [0.2, 0.25) is 0 Å². The fourth-order valence-electron chi connectivity index (χ4n) is 1.31. The summed E-state index contributed by atoms with van der Waals surface area (Å²) in [7, 11) is 0. The van der Waals surface area contributed by atoms with Crippen LogP contribution in [0.25, 0.3) is 10.9 Å². The fraction of sp³-hybridized carbons (Fsp3) is 0.273. The first kappa shape index (κ1) is 10.7. The van der Waals surface area contributed by atoms with Crippen LogP contribution < -0.4 is 0 Å². The van der Waals surface area contributed by atoms with Crippen LogP contribution in [0.1, 0.15) is 13.3 Å². The van der Waals surface area contributed by atoms with E-state index in [2.05, 4.69) is 23.0 Å². The highest BCUT2D eigenvalue weighted by molar-refractivity contribution is 7.99. The normalized spacial score (nSPS) is 10.8. The zero-order valence-electron chi connectivity index (χ0n) is 8.40. The third kappa shape index (κ3) is 2.41. The molecular formula is C11H11ClN2S. The topological polar surface area (TPSA) is 25.8 Å². The average Bonchev–Trinajstić information content (AvgIpc) is 2.26. The van der Waals surface area contributed by atoms with Gasteiger partial charge in [-0.1, -0.05) is 18.5 Å². The lowest BCUT2D eigenvalue weighted by atomic mass is 10.2. The molecule has 78 valence electrons. The molecule has 0 unspecified atom stereocenters. The number of nitrogens with zero attached hydrogens (tertiary/aromatic N) is 2. The first-order chi connectivity index (χ1) is 7.31. The molecule has 1 aromatic heterocycles. The van der Waals surface area contributed by atoms with Crippen molar-refractivity contribution in [2.45, 2.75) is 18.2 Å². The van der Waals surface area contributed by atoms with Gasteiger partial charge in [-0.25, -0.2) is 9.97 Å². The Morgan fingerprint density at radius 1 is 1.40 bits per heavy atom. The third-order valence-corrected chi connectivity index (χ3v) is 3.71. The molecule has 0 radical (unpaired) electrons. The van der Waals surface area contributed by atoms with Gasteiger partial charge in [-0.05, 0) is 24.3 Å². The van der Waals surface area contributed by atoms with Crippen LogP contribution in [0.4, 0.5) is 0 Å². The second-order valence-corrected chi connectivity index (χ2v) is 4.76. The van der Waals surface area contributed by atoms with Crippen LogP contribution in [-0.2, 0) is 0 Å². The molecule has 0 N–H and O–H groups in total. The smallest absolute Gasteiger partial charge is 0.116 e. The predicted octanol–water partition coefficient (Wildman–Crippen LogP) is 3.79. The summed E-state index contributed by atoms with van der Waals surface area (Å²) in [6.07, 6.45) is 4.50. The minimum absolute atomic E-state index is 0.777. The molecule has 0 amide bonds. The van der Waals surface area contributed by atoms with Gasteiger partial charge in [-0.3, -0.25) is 0 Å². The van der Waals surface area contributed by atoms with Crippen molar-refractivity contribution >= 4 is 34.3 Å². The molecule has 1 aromatic carbocycles. The van der Waals surface area contributed by atoms with Gasteiger partial charge in [0.1, 0.15) is 6.33 Å². The van der Waals surface area contributed by atoms with Crippen LogP contribution in [0.2, 0.25) is 5.02 Å². The van der Waals surface area contributed by atoms with E-state index in [1.807, 2.05) is 12.3 Å². The minimum Gasteiger partial charge on any atom is -0.244 e. The van der Waals surface area contributed by atoms with E-state index in [1.54, 1.807) is 11.8 Å². The Hall–Kier alpha value is -0.800. The van der Waals surface area contributed by atoms with Crippen molar-refractivity contribution in [3.63, 3.8) is 0 Å². The van der Waals surface area contributed by atoms with Gasteiger partial charge >= 0.3 is 0 Å². The van der Waals surface area contributed by atoms with E-state index < -0.39 is 0 Å². The number of rotatable bonds is 3. The van der Waals surface area contributed by atoms with Crippen LogP contribution in [0, 0.1) is 0 Å². The fourth-order valence-corrected chi connectivity index (χ4v) is 2.46. The van der Waals surface area contributed by atoms with Crippen molar-refractivity contribution in [3.05, 3.63) is 29.7 Å². The van der Waals surface area contributed by atoms with E-state index in [-0.39, 0.29) is 0 Å². The van der Waals surface area contributed by atoms with Crippen LogP contribution in [-0.4, -0.2) is 15.7 Å². The maximum Gasteiger partial charge on any atom is 0.116 e. The van der Waals surface area contributed by atoms with Gasteiger partial charge in [0.25, 0.3) is 0 Å². The molecule has 0 bridgehead atoms. The van der Waals surface area contributed by atoms with Gasteiger partial charge in [0.05, 0.1) is 10.5 Å². The lowest BCUT2D eigenvalue weighted by Crippen LogP contribution is -1.84. The molecule has 0 saturated carbocycles. The lowest BCUT2D eigenvalue weighted by molar-refractivity contribution is 1.10. The van der Waals surface area contributed by atoms with Crippen LogP contribution in [0.5, 0.6) is 0 Å². The molecule has 2 aromatic rings. The van der Waals surface area contributed by atoms with Crippen LogP contribution in [0.3, 0.4) is 0 Å². The summed E-state index contributed by atoms with van der Waals surface area (Å²) in [6.45, 7) is 2.16. The van der Waals surface area contributed by atoms with E-state index in [9.17, 15) is 0 Å². The molecule has 0 atom stereocenters. The second kappa shape index (κ2) is 4.81. The van der Waals surface area contributed by atoms with E-state index in [0.717, 1.165) is 33.0 Å². The van der Waals surface area contributed by atoms with Gasteiger partial charge < -0.3 is 0 Å². The van der Waals surface area contributed by atoms with E-state index in [1.165, 1.54) is 6.33 Å². The first-order valence-corrected chi connectivity index (χ1v) is 6.19. The Balaban J connectivity index is 2.43. The SMILES string of the molecule is CCCSc1cc2cncnc2cc1Cl. The minimum atomic E-state index is 0.777. The quantitative estimate of drug-likeness (QED) is 0.761. The molecule has 2 nitrogen and oxygen atoms in total. The molecule has 0 fully saturated rings. The Morgan fingerprint density at radius 3 is 3.07 bits per heavy atom. The first-order valence-electron chi connectivity index (χ1n) is 4.83. The van der Waals surface area contributed by atoms with Gasteiger partial charge in [-0.15, -0.1) is 11.8 Å². The van der Waals surface area contributed by atoms with Crippen molar-refractivity contribution in [2.75, 3.05) is 5.75 Å². The number of hydrogen-bond donors (Lipinski definition) is 0. The molecule has 15 heavy (non-hydrogen) atoms. The van der Waals surface area contributed by atoms with Crippen molar-refractivity contribution in [2.24, 2.45) is 0 Å². The molecular weight excluding hydrogens is 228 g/mol. The lowest BCUT2D eigenvalue weighted by Gasteiger charge is -2.04. The Bertz CT molecular complexity index is 473. The highest BCUT2D eigenvalue weighted by Gasteiger charge is 2.03. The summed E-state index contributed by atoms with van der Waals surface area (Å²) >= 11 is 7.93. The largest absolute Gasteiger partial charge is 0.244 e. The van der Waals surface area contributed by atoms with Crippen molar-refractivity contribution in [1.29, 1.82) is 0 Å². The monoisotopic (exact) mass is 238 g/mol. The summed E-state index contributed by atoms with van der Waals surface area (Å²) in [4.78, 5) is 9.27. The standard InChI is InChI=1S/C11H11ClN2S/c1-2-3-15-11-4-8-6-13-7-14-10(8)5-9(11)12/h4-7H,2-3H2,1H3. The van der Waals surface area contributed by atoms with Crippen LogP contribution in [0.15, 0.2) is 29.6 Å². The number of fused-ring (bicyclic) bond motifs is 1. The molecule has 0 aliphatic rings. The van der Waals surface area contributed by atoms with Crippen molar-refractivity contribution < 1.29 is 0 Å². The Labute approximate surface area is 98.1 Å². The molecule has 4 heteroatoms. The maximum absolute atomic E-state index is 6.16. The highest BCUT2D eigenvalue weighted by Crippen LogP contribution is 2.30. The summed E-state index contributed by atoms with van der Waals surface area (Å²) in [6, 6.07) is 3.95. The molecule has 1 heterocycles. The molecule has 0 spiro atoms. The van der Waals surface area contributed by atoms with E-state index >= 15 is 0 Å². The van der Waals surface area contributed by atoms with E-state index in [4.69, 9.17) is 11.6 Å². The number of hydrogen-bond acceptors (Lipinski definition) is 3. The molecule has 2 rings (SSSR count). The van der Waals surface area contributed by atoms with Crippen molar-refractivity contribution in [3.8, 4) is 0 Å². The summed E-state index contributed by atoms with van der Waals surface area (Å²) in [5.74, 6) is 1.08. The second-order valence-electron chi connectivity index (χ2n) is 3.21. The highest BCUT2D eigenvalue weighted by atomic mass is 35.5. The summed E-state index contributed by atoms with van der Waals surface area (Å²) < 4.78 is 0. The number of thioether (sulfide) groups is 1. The molecule has 0 aliphatic heterocycles. The third-order valence-electron chi connectivity index (χ3n) is 2.02. The zero-order valence-corrected chi connectivity index (χ0v) is 9.98. The molecule has 0 saturated heterocycles. The van der Waals surface area contributed by atoms with Gasteiger partial charge in [-0.2, -0.15) is 0 Å². The van der Waals surface area contributed by atoms with Gasteiger partial charge in [0, 0.05) is 16.5 Å². The Morgan fingerprint density at radius 2 is 2.27 bits per heavy atom. The van der Waals surface area contributed by atoms with E-state index in [0.29, 0.717) is 0 Å². The molecule has 0 aliphatic carbocycles. The summed E-state index contributed by atoms with van der Waals surface area (Å²) in [5, 5.41) is 1.82. The van der Waals surface area contributed by atoms with Gasteiger partial charge in [0.15, 0.2) is 0 Å². The number of aromatic nitrogens is 2. The van der Waals surface area contributed by atoms with Crippen LogP contribution >= 0.6 is 23.4 Å². The summed E-state index contributed by atoms with van der Waals surface area (Å²) in [5.41, 5.74) is 0.899. The zero-order chi connectivity index (χ0) is 10.7. The number of halogens is 1. The average molecular weight is 239 g/mol. The van der Waals surface area contributed by atoms with Crippen molar-refractivity contribution in [1.82, 2.24) is 9.97 Å². The predicted molar refractivity (Wildman–Crippen MR) is 65.6 cm³/mol. The number of benzene rings is 1. The maximum atomic E-state index is 6.16. The Kier molecular flexibility index (Phi) is 3.44.